The van der Waals surface area contributed by atoms with Gasteiger partial charge in [-0.3, -0.25) is 0 Å². The van der Waals surface area contributed by atoms with Crippen molar-refractivity contribution in [2.75, 3.05) is 6.54 Å². The Morgan fingerprint density at radius 2 is 2.50 bits per heavy atom. The van der Waals surface area contributed by atoms with Gasteiger partial charge in [-0.25, -0.2) is 9.78 Å². The molecular formula is C9H5ClN4O2. The Morgan fingerprint density at radius 3 is 3.06 bits per heavy atom. The summed E-state index contributed by atoms with van der Waals surface area (Å²) >= 11 is 5.67. The Morgan fingerprint density at radius 1 is 1.75 bits per heavy atom. The number of azide groups is 1. The number of carbonyl (C=O) groups is 1. The van der Waals surface area contributed by atoms with Gasteiger partial charge >= 0.3 is 5.97 Å². The third-order valence-electron chi connectivity index (χ3n) is 1.49. The highest BCUT2D eigenvalue weighted by Crippen LogP contribution is 2.14. The van der Waals surface area contributed by atoms with Crippen LogP contribution in [0.15, 0.2) is 17.4 Å². The van der Waals surface area contributed by atoms with Crippen molar-refractivity contribution in [2.24, 2.45) is 5.11 Å². The lowest BCUT2D eigenvalue weighted by molar-refractivity contribution is 0.0690. The molecule has 6 nitrogen and oxygen atoms in total. The molecule has 1 aromatic rings. The second-order valence-corrected chi connectivity index (χ2v) is 2.96. The van der Waals surface area contributed by atoms with Crippen LogP contribution >= 0.6 is 11.6 Å². The van der Waals surface area contributed by atoms with Crippen molar-refractivity contribution < 1.29 is 9.90 Å². The Balaban J connectivity index is 2.92. The Labute approximate surface area is 95.5 Å². The standard InChI is InChI=1S/C9H5ClN4O2/c10-7-4-6(2-1-3-13-14-11)5-12-8(7)9(15)16/h4-5H,3H2,(H,15,16). The second-order valence-electron chi connectivity index (χ2n) is 2.55. The number of nitrogens with zero attached hydrogens (tertiary/aromatic N) is 4. The summed E-state index contributed by atoms with van der Waals surface area (Å²) in [5.74, 6) is 4.00. The number of halogens is 1. The van der Waals surface area contributed by atoms with Gasteiger partial charge in [0.05, 0.1) is 11.6 Å². The molecule has 1 heterocycles. The van der Waals surface area contributed by atoms with Crippen LogP contribution in [0.4, 0.5) is 0 Å². The molecule has 0 unspecified atom stereocenters. The minimum absolute atomic E-state index is 0.0167. The average Bonchev–Trinajstić information content (AvgIpc) is 2.24. The zero-order chi connectivity index (χ0) is 12.0. The predicted octanol–water partition coefficient (Wildman–Crippen LogP) is 2.09. The van der Waals surface area contributed by atoms with Gasteiger partial charge in [-0.1, -0.05) is 28.6 Å². The van der Waals surface area contributed by atoms with Crippen molar-refractivity contribution in [3.05, 3.63) is 39.0 Å². The molecule has 0 fully saturated rings. The minimum Gasteiger partial charge on any atom is -0.476 e. The molecule has 0 aliphatic carbocycles. The van der Waals surface area contributed by atoms with Crippen molar-refractivity contribution >= 4 is 17.6 Å². The number of carboxylic acid groups (broad SMARTS) is 1. The average molecular weight is 237 g/mol. The van der Waals surface area contributed by atoms with Crippen LogP contribution in [0.25, 0.3) is 10.4 Å². The fourth-order valence-electron chi connectivity index (χ4n) is 0.872. The van der Waals surface area contributed by atoms with E-state index >= 15 is 0 Å². The van der Waals surface area contributed by atoms with E-state index in [2.05, 4.69) is 26.9 Å². The number of pyridine rings is 1. The molecule has 0 aromatic carbocycles. The molecule has 16 heavy (non-hydrogen) atoms. The van der Waals surface area contributed by atoms with Crippen LogP contribution in [-0.2, 0) is 0 Å². The quantitative estimate of drug-likeness (QED) is 0.368. The molecule has 1 N–H and O–H groups in total. The summed E-state index contributed by atoms with van der Waals surface area (Å²) in [5.41, 5.74) is 8.24. The number of rotatable bonds is 2. The monoisotopic (exact) mass is 236 g/mol. The van der Waals surface area contributed by atoms with Gasteiger partial charge in [0, 0.05) is 16.7 Å². The van der Waals surface area contributed by atoms with Crippen LogP contribution in [0.5, 0.6) is 0 Å². The van der Waals surface area contributed by atoms with Crippen LogP contribution in [0.2, 0.25) is 5.02 Å². The highest BCUT2D eigenvalue weighted by molar-refractivity contribution is 6.33. The van der Waals surface area contributed by atoms with E-state index in [1.807, 2.05) is 0 Å². The maximum Gasteiger partial charge on any atom is 0.356 e. The van der Waals surface area contributed by atoms with E-state index in [0.29, 0.717) is 5.56 Å². The van der Waals surface area contributed by atoms with Gasteiger partial charge in [-0.15, -0.1) is 0 Å². The number of hydrogen-bond donors (Lipinski definition) is 1. The summed E-state index contributed by atoms with van der Waals surface area (Å²) in [7, 11) is 0. The molecular weight excluding hydrogens is 232 g/mol. The number of aromatic carboxylic acids is 1. The van der Waals surface area contributed by atoms with Crippen molar-refractivity contribution in [2.45, 2.75) is 0 Å². The molecule has 0 bridgehead atoms. The van der Waals surface area contributed by atoms with Gasteiger partial charge in [0.25, 0.3) is 0 Å². The lowest BCUT2D eigenvalue weighted by Gasteiger charge is -1.97. The number of carboxylic acids is 1. The van der Waals surface area contributed by atoms with Crippen molar-refractivity contribution in [1.82, 2.24) is 4.98 Å². The van der Waals surface area contributed by atoms with Gasteiger partial charge in [0.2, 0.25) is 0 Å². The Bertz CT molecular complexity index is 526. The van der Waals surface area contributed by atoms with Gasteiger partial charge in [-0.05, 0) is 11.6 Å². The summed E-state index contributed by atoms with van der Waals surface area (Å²) in [6.07, 6.45) is 1.29. The zero-order valence-corrected chi connectivity index (χ0v) is 8.64. The lowest BCUT2D eigenvalue weighted by Crippen LogP contribution is -2.01. The van der Waals surface area contributed by atoms with Gasteiger partial charge in [0.15, 0.2) is 5.69 Å². The summed E-state index contributed by atoms with van der Waals surface area (Å²) in [6.45, 7) is 0.0365. The van der Waals surface area contributed by atoms with E-state index in [9.17, 15) is 4.79 Å². The Hall–Kier alpha value is -2.22. The molecule has 7 heteroatoms. The summed E-state index contributed by atoms with van der Waals surface area (Å²) in [5, 5.41) is 11.9. The normalized spacial score (nSPS) is 8.56. The molecule has 0 atom stereocenters. The number of hydrogen-bond acceptors (Lipinski definition) is 3. The first-order chi connectivity index (χ1) is 7.65. The largest absolute Gasteiger partial charge is 0.476 e. The highest BCUT2D eigenvalue weighted by Gasteiger charge is 2.09. The van der Waals surface area contributed by atoms with Crippen LogP contribution in [0, 0.1) is 11.8 Å². The second kappa shape index (κ2) is 5.61. The van der Waals surface area contributed by atoms with Crippen molar-refractivity contribution in [1.29, 1.82) is 0 Å². The maximum atomic E-state index is 10.6. The third kappa shape index (κ3) is 3.17. The van der Waals surface area contributed by atoms with Crippen LogP contribution in [0.3, 0.4) is 0 Å². The lowest BCUT2D eigenvalue weighted by atomic mass is 10.2. The van der Waals surface area contributed by atoms with Crippen LogP contribution in [0.1, 0.15) is 16.1 Å². The van der Waals surface area contributed by atoms with Crippen LogP contribution in [-0.4, -0.2) is 22.6 Å². The van der Waals surface area contributed by atoms with E-state index in [1.165, 1.54) is 12.3 Å². The SMILES string of the molecule is [N-]=[N+]=NCC#Cc1cnc(C(=O)O)c(Cl)c1. The van der Waals surface area contributed by atoms with E-state index in [-0.39, 0.29) is 17.3 Å². The molecule has 1 aromatic heterocycles. The molecule has 0 aliphatic rings. The molecule has 0 spiro atoms. The zero-order valence-electron chi connectivity index (χ0n) is 7.88. The predicted molar refractivity (Wildman–Crippen MR) is 57.1 cm³/mol. The molecule has 0 aliphatic heterocycles. The Kier molecular flexibility index (Phi) is 4.16. The molecule has 1 rings (SSSR count). The summed E-state index contributed by atoms with van der Waals surface area (Å²) in [4.78, 5) is 16.8. The maximum absolute atomic E-state index is 10.6. The van der Waals surface area contributed by atoms with Crippen molar-refractivity contribution in [3.8, 4) is 11.8 Å². The summed E-state index contributed by atoms with van der Waals surface area (Å²) in [6, 6.07) is 1.39. The third-order valence-corrected chi connectivity index (χ3v) is 1.78. The summed E-state index contributed by atoms with van der Waals surface area (Å²) < 4.78 is 0. The first-order valence-electron chi connectivity index (χ1n) is 4.03. The van der Waals surface area contributed by atoms with Gasteiger partial charge in [0.1, 0.15) is 0 Å². The molecule has 0 saturated heterocycles. The molecule has 0 amide bonds. The van der Waals surface area contributed by atoms with Gasteiger partial charge < -0.3 is 5.11 Å². The number of aromatic nitrogens is 1. The highest BCUT2D eigenvalue weighted by atomic mass is 35.5. The fourth-order valence-corrected chi connectivity index (χ4v) is 1.12. The van der Waals surface area contributed by atoms with Crippen LogP contribution < -0.4 is 0 Å². The first-order valence-corrected chi connectivity index (χ1v) is 4.41. The van der Waals surface area contributed by atoms with Gasteiger partial charge in [-0.2, -0.15) is 0 Å². The minimum atomic E-state index is -1.20. The molecule has 80 valence electrons. The molecule has 0 saturated carbocycles. The van der Waals surface area contributed by atoms with E-state index in [1.54, 1.807) is 0 Å². The van der Waals surface area contributed by atoms with E-state index in [4.69, 9.17) is 22.2 Å². The van der Waals surface area contributed by atoms with E-state index < -0.39 is 5.97 Å². The fraction of sp³-hybridized carbons (Fsp3) is 0.111. The van der Waals surface area contributed by atoms with Crippen molar-refractivity contribution in [3.63, 3.8) is 0 Å². The topological polar surface area (TPSA) is 99.0 Å². The first kappa shape index (κ1) is 11.9. The molecule has 0 radical (unpaired) electrons. The van der Waals surface area contributed by atoms with E-state index in [0.717, 1.165) is 0 Å². The smallest absolute Gasteiger partial charge is 0.356 e.